The van der Waals surface area contributed by atoms with E-state index in [1.54, 1.807) is 0 Å². The molecule has 0 N–H and O–H groups in total. The molecule has 1 rings (SSSR count). The molecule has 13 heavy (non-hydrogen) atoms. The van der Waals surface area contributed by atoms with Gasteiger partial charge in [0.15, 0.2) is 0 Å². The maximum Gasteiger partial charge on any atom is 0.0873 e. The Bertz CT molecular complexity index is 180. The standard InChI is InChI=1S/C12H20O/c1-2-3-10-13-11-9-12-7-5-4-6-8-12/h7,9,11H,2-6,8,10H2,1H3/b11-9+. The number of ether oxygens (including phenoxy) is 1. The van der Waals surface area contributed by atoms with Crippen LogP contribution in [0.2, 0.25) is 0 Å². The number of hydrogen-bond donors (Lipinski definition) is 0. The molecule has 0 atom stereocenters. The first kappa shape index (κ1) is 10.4. The van der Waals surface area contributed by atoms with Crippen molar-refractivity contribution in [1.29, 1.82) is 0 Å². The fraction of sp³-hybridized carbons (Fsp3) is 0.667. The van der Waals surface area contributed by atoms with Crippen LogP contribution in [0.15, 0.2) is 24.0 Å². The van der Waals surface area contributed by atoms with Gasteiger partial charge >= 0.3 is 0 Å². The third kappa shape index (κ3) is 4.76. The molecule has 0 heterocycles. The lowest BCUT2D eigenvalue weighted by Crippen LogP contribution is -1.89. The summed E-state index contributed by atoms with van der Waals surface area (Å²) in [5, 5.41) is 0. The molecular weight excluding hydrogens is 160 g/mol. The van der Waals surface area contributed by atoms with Crippen molar-refractivity contribution in [2.24, 2.45) is 0 Å². The van der Waals surface area contributed by atoms with Gasteiger partial charge in [0.25, 0.3) is 0 Å². The highest BCUT2D eigenvalue weighted by atomic mass is 16.5. The summed E-state index contributed by atoms with van der Waals surface area (Å²) in [7, 11) is 0. The molecule has 0 unspecified atom stereocenters. The van der Waals surface area contributed by atoms with Crippen LogP contribution in [0.25, 0.3) is 0 Å². The summed E-state index contributed by atoms with van der Waals surface area (Å²) in [6, 6.07) is 0. The second-order valence-electron chi connectivity index (χ2n) is 3.55. The minimum atomic E-state index is 0.861. The molecule has 0 amide bonds. The predicted molar refractivity (Wildman–Crippen MR) is 56.6 cm³/mol. The Balaban J connectivity index is 2.11. The van der Waals surface area contributed by atoms with E-state index in [1.807, 2.05) is 6.26 Å². The molecule has 0 aliphatic heterocycles. The van der Waals surface area contributed by atoms with Crippen molar-refractivity contribution >= 4 is 0 Å². The molecule has 74 valence electrons. The van der Waals surface area contributed by atoms with Crippen molar-refractivity contribution in [2.45, 2.75) is 45.4 Å². The van der Waals surface area contributed by atoms with Crippen LogP contribution in [0.4, 0.5) is 0 Å². The highest BCUT2D eigenvalue weighted by Gasteiger charge is 1.98. The van der Waals surface area contributed by atoms with Gasteiger partial charge in [0.1, 0.15) is 0 Å². The smallest absolute Gasteiger partial charge is 0.0873 e. The van der Waals surface area contributed by atoms with E-state index in [9.17, 15) is 0 Å². The summed E-state index contributed by atoms with van der Waals surface area (Å²) in [5.74, 6) is 0. The molecule has 0 spiro atoms. The van der Waals surface area contributed by atoms with Gasteiger partial charge in [0.05, 0.1) is 12.9 Å². The molecular formula is C12H20O. The van der Waals surface area contributed by atoms with Crippen LogP contribution in [-0.4, -0.2) is 6.61 Å². The fourth-order valence-corrected chi connectivity index (χ4v) is 1.45. The van der Waals surface area contributed by atoms with Gasteiger partial charge in [-0.15, -0.1) is 0 Å². The summed E-state index contributed by atoms with van der Waals surface area (Å²) >= 11 is 0. The van der Waals surface area contributed by atoms with Gasteiger partial charge in [-0.25, -0.2) is 0 Å². The summed E-state index contributed by atoms with van der Waals surface area (Å²) in [6.45, 7) is 3.04. The molecule has 0 fully saturated rings. The summed E-state index contributed by atoms with van der Waals surface area (Å²) in [4.78, 5) is 0. The summed E-state index contributed by atoms with van der Waals surface area (Å²) < 4.78 is 5.36. The summed E-state index contributed by atoms with van der Waals surface area (Å²) in [6.07, 6.45) is 13.8. The maximum absolute atomic E-state index is 5.36. The van der Waals surface area contributed by atoms with E-state index >= 15 is 0 Å². The average Bonchev–Trinajstić information content (AvgIpc) is 2.19. The molecule has 0 saturated carbocycles. The SMILES string of the molecule is CCCCO/C=C/C1=CCCCC1. The topological polar surface area (TPSA) is 9.23 Å². The number of allylic oxidation sites excluding steroid dienone is 3. The Morgan fingerprint density at radius 1 is 1.46 bits per heavy atom. The van der Waals surface area contributed by atoms with Crippen LogP contribution in [0, 0.1) is 0 Å². The van der Waals surface area contributed by atoms with Gasteiger partial charge in [-0.1, -0.05) is 19.4 Å². The van der Waals surface area contributed by atoms with Crippen molar-refractivity contribution in [2.75, 3.05) is 6.61 Å². The van der Waals surface area contributed by atoms with Crippen LogP contribution >= 0.6 is 0 Å². The van der Waals surface area contributed by atoms with E-state index in [4.69, 9.17) is 4.74 Å². The van der Waals surface area contributed by atoms with Gasteiger partial charge in [-0.05, 0) is 43.8 Å². The predicted octanol–water partition coefficient (Wildman–Crippen LogP) is 3.82. The summed E-state index contributed by atoms with van der Waals surface area (Å²) in [5.41, 5.74) is 1.45. The van der Waals surface area contributed by atoms with E-state index in [-0.39, 0.29) is 0 Å². The van der Waals surface area contributed by atoms with Crippen LogP contribution in [0.3, 0.4) is 0 Å². The molecule has 0 saturated heterocycles. The Morgan fingerprint density at radius 3 is 3.08 bits per heavy atom. The number of hydrogen-bond acceptors (Lipinski definition) is 1. The number of unbranched alkanes of at least 4 members (excludes halogenated alkanes) is 1. The van der Waals surface area contributed by atoms with E-state index < -0.39 is 0 Å². The van der Waals surface area contributed by atoms with Gasteiger partial charge < -0.3 is 4.74 Å². The lowest BCUT2D eigenvalue weighted by atomic mass is 10.00. The molecule has 0 radical (unpaired) electrons. The quantitative estimate of drug-likeness (QED) is 0.461. The highest BCUT2D eigenvalue weighted by molar-refractivity contribution is 5.18. The van der Waals surface area contributed by atoms with E-state index in [1.165, 1.54) is 37.7 Å². The molecule has 0 aromatic heterocycles. The van der Waals surface area contributed by atoms with Crippen molar-refractivity contribution in [3.63, 3.8) is 0 Å². The Labute approximate surface area is 81.5 Å². The van der Waals surface area contributed by atoms with Crippen LogP contribution < -0.4 is 0 Å². The van der Waals surface area contributed by atoms with Crippen molar-refractivity contribution in [3.05, 3.63) is 24.0 Å². The van der Waals surface area contributed by atoms with Gasteiger partial charge in [0, 0.05) is 0 Å². The molecule has 1 aliphatic carbocycles. The molecule has 1 heteroatoms. The Morgan fingerprint density at radius 2 is 2.38 bits per heavy atom. The molecule has 1 nitrogen and oxygen atoms in total. The molecule has 0 aromatic rings. The third-order valence-corrected chi connectivity index (χ3v) is 2.32. The molecule has 0 aromatic carbocycles. The van der Waals surface area contributed by atoms with Gasteiger partial charge in [0.2, 0.25) is 0 Å². The minimum Gasteiger partial charge on any atom is -0.501 e. The van der Waals surface area contributed by atoms with Crippen LogP contribution in [0.1, 0.15) is 45.4 Å². The second kappa shape index (κ2) is 6.76. The maximum atomic E-state index is 5.36. The van der Waals surface area contributed by atoms with Crippen LogP contribution in [0.5, 0.6) is 0 Å². The third-order valence-electron chi connectivity index (χ3n) is 2.32. The second-order valence-corrected chi connectivity index (χ2v) is 3.55. The lowest BCUT2D eigenvalue weighted by Gasteiger charge is -2.07. The first-order valence-electron chi connectivity index (χ1n) is 5.40. The molecule has 1 aliphatic rings. The van der Waals surface area contributed by atoms with Crippen molar-refractivity contribution in [1.82, 2.24) is 0 Å². The van der Waals surface area contributed by atoms with E-state index in [0.29, 0.717) is 0 Å². The van der Waals surface area contributed by atoms with Gasteiger partial charge in [-0.2, -0.15) is 0 Å². The largest absolute Gasteiger partial charge is 0.501 e. The van der Waals surface area contributed by atoms with Crippen molar-refractivity contribution in [3.8, 4) is 0 Å². The van der Waals surface area contributed by atoms with E-state index in [2.05, 4.69) is 19.1 Å². The van der Waals surface area contributed by atoms with Crippen LogP contribution in [-0.2, 0) is 4.74 Å². The first-order chi connectivity index (χ1) is 6.43. The normalized spacial score (nSPS) is 17.5. The zero-order valence-electron chi connectivity index (χ0n) is 8.59. The van der Waals surface area contributed by atoms with E-state index in [0.717, 1.165) is 13.0 Å². The minimum absolute atomic E-state index is 0.861. The van der Waals surface area contributed by atoms with Crippen molar-refractivity contribution < 1.29 is 4.74 Å². The average molecular weight is 180 g/mol. The van der Waals surface area contributed by atoms with Gasteiger partial charge in [-0.3, -0.25) is 0 Å². The lowest BCUT2D eigenvalue weighted by molar-refractivity contribution is 0.243. The fourth-order valence-electron chi connectivity index (χ4n) is 1.45. The highest BCUT2D eigenvalue weighted by Crippen LogP contribution is 2.17. The molecule has 0 bridgehead atoms. The number of rotatable bonds is 5. The zero-order chi connectivity index (χ0) is 9.36. The zero-order valence-corrected chi connectivity index (χ0v) is 8.59. The Kier molecular flexibility index (Phi) is 5.39. The Hall–Kier alpha value is -0.720. The first-order valence-corrected chi connectivity index (χ1v) is 5.40. The monoisotopic (exact) mass is 180 g/mol.